The van der Waals surface area contributed by atoms with Gasteiger partial charge in [0, 0.05) is 35.8 Å². The fourth-order valence-electron chi connectivity index (χ4n) is 5.63. The average molecular weight is 445 g/mol. The van der Waals surface area contributed by atoms with Crippen LogP contribution >= 0.6 is 0 Å². The summed E-state index contributed by atoms with van der Waals surface area (Å²) in [6, 6.07) is 13.5. The van der Waals surface area contributed by atoms with E-state index in [-0.39, 0.29) is 0 Å². The lowest BCUT2D eigenvalue weighted by atomic mass is 9.89. The SMILES string of the molecule is Cc1noc2ccc(-c3nc4ccc(N5CCOCC5C)cc4n3CC3CCCCC3)cc12. The number of nitrogens with zero attached hydrogens (tertiary/aromatic N) is 4. The molecule has 1 saturated heterocycles. The molecule has 6 nitrogen and oxygen atoms in total. The van der Waals surface area contributed by atoms with E-state index in [1.165, 1.54) is 43.3 Å². The molecule has 0 amide bonds. The number of ether oxygens (including phenoxy) is 1. The molecule has 1 atom stereocenters. The molecule has 6 heteroatoms. The summed E-state index contributed by atoms with van der Waals surface area (Å²) in [5.74, 6) is 1.76. The predicted molar refractivity (Wildman–Crippen MR) is 132 cm³/mol. The van der Waals surface area contributed by atoms with Gasteiger partial charge in [0.15, 0.2) is 5.58 Å². The van der Waals surface area contributed by atoms with Gasteiger partial charge in [0.2, 0.25) is 0 Å². The van der Waals surface area contributed by atoms with E-state index in [4.69, 9.17) is 14.2 Å². The molecule has 0 radical (unpaired) electrons. The molecule has 1 saturated carbocycles. The predicted octanol–water partition coefficient (Wildman–Crippen LogP) is 5.96. The van der Waals surface area contributed by atoms with Gasteiger partial charge in [-0.05, 0) is 69.0 Å². The molecule has 6 rings (SSSR count). The Morgan fingerprint density at radius 2 is 1.94 bits per heavy atom. The second-order valence-electron chi connectivity index (χ2n) is 9.82. The van der Waals surface area contributed by atoms with Crippen molar-refractivity contribution in [1.82, 2.24) is 14.7 Å². The lowest BCUT2D eigenvalue weighted by Gasteiger charge is -2.35. The Hall–Kier alpha value is -2.86. The van der Waals surface area contributed by atoms with E-state index in [9.17, 15) is 0 Å². The van der Waals surface area contributed by atoms with Gasteiger partial charge < -0.3 is 18.7 Å². The molecule has 3 heterocycles. The molecule has 2 aliphatic rings. The van der Waals surface area contributed by atoms with Gasteiger partial charge in [-0.1, -0.05) is 24.4 Å². The Morgan fingerprint density at radius 3 is 2.79 bits per heavy atom. The zero-order valence-electron chi connectivity index (χ0n) is 19.6. The van der Waals surface area contributed by atoms with Crippen molar-refractivity contribution >= 4 is 27.7 Å². The molecule has 2 fully saturated rings. The van der Waals surface area contributed by atoms with Crippen LogP contribution in [0.5, 0.6) is 0 Å². The molecule has 0 bridgehead atoms. The second-order valence-corrected chi connectivity index (χ2v) is 9.82. The number of anilines is 1. The number of aryl methyl sites for hydroxylation is 1. The molecule has 2 aromatic carbocycles. The highest BCUT2D eigenvalue weighted by Gasteiger charge is 2.23. The molecule has 0 spiro atoms. The van der Waals surface area contributed by atoms with Crippen LogP contribution in [-0.2, 0) is 11.3 Å². The maximum absolute atomic E-state index is 5.67. The van der Waals surface area contributed by atoms with Gasteiger partial charge in [-0.25, -0.2) is 4.98 Å². The summed E-state index contributed by atoms with van der Waals surface area (Å²) in [5, 5.41) is 5.20. The molecular formula is C27H32N4O2. The third-order valence-electron chi connectivity index (χ3n) is 7.51. The highest BCUT2D eigenvalue weighted by atomic mass is 16.5. The summed E-state index contributed by atoms with van der Waals surface area (Å²) in [6.45, 7) is 7.76. The van der Waals surface area contributed by atoms with E-state index in [0.29, 0.717) is 12.0 Å². The summed E-state index contributed by atoms with van der Waals surface area (Å²) in [5.41, 5.74) is 6.43. The van der Waals surface area contributed by atoms with E-state index in [1.807, 2.05) is 13.0 Å². The van der Waals surface area contributed by atoms with E-state index in [2.05, 4.69) is 51.9 Å². The van der Waals surface area contributed by atoms with Gasteiger partial charge in [0.05, 0.1) is 29.9 Å². The molecule has 2 aromatic heterocycles. The van der Waals surface area contributed by atoms with Gasteiger partial charge in [0.25, 0.3) is 0 Å². The molecule has 1 aliphatic heterocycles. The Bertz CT molecular complexity index is 1280. The van der Waals surface area contributed by atoms with Crippen LogP contribution in [0.3, 0.4) is 0 Å². The first-order valence-corrected chi connectivity index (χ1v) is 12.4. The van der Waals surface area contributed by atoms with Crippen molar-refractivity contribution in [2.45, 2.75) is 58.5 Å². The summed E-state index contributed by atoms with van der Waals surface area (Å²) >= 11 is 0. The number of fused-ring (bicyclic) bond motifs is 2. The third kappa shape index (κ3) is 3.80. The van der Waals surface area contributed by atoms with Crippen molar-refractivity contribution in [2.24, 2.45) is 5.92 Å². The fourth-order valence-corrected chi connectivity index (χ4v) is 5.63. The number of rotatable bonds is 4. The monoisotopic (exact) mass is 444 g/mol. The van der Waals surface area contributed by atoms with Crippen molar-refractivity contribution < 1.29 is 9.26 Å². The zero-order chi connectivity index (χ0) is 22.4. The standard InChI is InChI=1S/C27H32N4O2/c1-18-17-32-13-12-30(18)22-9-10-24-25(15-22)31(16-20-6-4-3-5-7-20)27(28-24)21-8-11-26-23(14-21)19(2)29-33-26/h8-11,14-15,18,20H,3-7,12-13,16-17H2,1-2H3. The normalized spacial score (nSPS) is 20.2. The Labute approximate surface area is 194 Å². The van der Waals surface area contributed by atoms with Crippen LogP contribution in [0.25, 0.3) is 33.4 Å². The Morgan fingerprint density at radius 1 is 1.06 bits per heavy atom. The molecule has 0 N–H and O–H groups in total. The Balaban J connectivity index is 1.48. The van der Waals surface area contributed by atoms with Crippen LogP contribution in [0.1, 0.15) is 44.7 Å². The number of aromatic nitrogens is 3. The zero-order valence-corrected chi connectivity index (χ0v) is 19.6. The third-order valence-corrected chi connectivity index (χ3v) is 7.51. The van der Waals surface area contributed by atoms with Crippen molar-refractivity contribution in [3.63, 3.8) is 0 Å². The quantitative estimate of drug-likeness (QED) is 0.389. The number of hydrogen-bond donors (Lipinski definition) is 0. The largest absolute Gasteiger partial charge is 0.377 e. The summed E-state index contributed by atoms with van der Waals surface area (Å²) in [7, 11) is 0. The van der Waals surface area contributed by atoms with Crippen LogP contribution in [0.4, 0.5) is 5.69 Å². The van der Waals surface area contributed by atoms with Gasteiger partial charge in [-0.15, -0.1) is 0 Å². The maximum atomic E-state index is 5.67. The van der Waals surface area contributed by atoms with E-state index < -0.39 is 0 Å². The molecule has 33 heavy (non-hydrogen) atoms. The Kier molecular flexibility index (Phi) is 5.33. The minimum absolute atomic E-state index is 0.379. The number of hydrogen-bond acceptors (Lipinski definition) is 5. The van der Waals surface area contributed by atoms with Crippen molar-refractivity contribution in [2.75, 3.05) is 24.7 Å². The van der Waals surface area contributed by atoms with Crippen LogP contribution in [-0.4, -0.2) is 40.5 Å². The first-order valence-electron chi connectivity index (χ1n) is 12.4. The second kappa shape index (κ2) is 8.49. The summed E-state index contributed by atoms with van der Waals surface area (Å²) in [6.07, 6.45) is 6.67. The summed E-state index contributed by atoms with van der Waals surface area (Å²) in [4.78, 5) is 7.61. The molecule has 1 unspecified atom stereocenters. The van der Waals surface area contributed by atoms with E-state index in [0.717, 1.165) is 59.9 Å². The molecule has 172 valence electrons. The van der Waals surface area contributed by atoms with Gasteiger partial charge >= 0.3 is 0 Å². The lowest BCUT2D eigenvalue weighted by Crippen LogP contribution is -2.43. The van der Waals surface area contributed by atoms with E-state index >= 15 is 0 Å². The van der Waals surface area contributed by atoms with Gasteiger partial charge in [0.1, 0.15) is 5.82 Å². The first-order chi connectivity index (χ1) is 16.2. The first kappa shape index (κ1) is 20.7. The number of morpholine rings is 1. The maximum Gasteiger partial charge on any atom is 0.167 e. The molecular weight excluding hydrogens is 412 g/mol. The highest BCUT2D eigenvalue weighted by Crippen LogP contribution is 2.34. The van der Waals surface area contributed by atoms with Crippen LogP contribution < -0.4 is 4.90 Å². The van der Waals surface area contributed by atoms with Crippen LogP contribution in [0, 0.1) is 12.8 Å². The smallest absolute Gasteiger partial charge is 0.167 e. The molecule has 1 aliphatic carbocycles. The number of imidazole rings is 1. The summed E-state index contributed by atoms with van der Waals surface area (Å²) < 4.78 is 13.6. The van der Waals surface area contributed by atoms with Gasteiger partial charge in [-0.2, -0.15) is 0 Å². The topological polar surface area (TPSA) is 56.3 Å². The minimum Gasteiger partial charge on any atom is -0.377 e. The van der Waals surface area contributed by atoms with Gasteiger partial charge in [-0.3, -0.25) is 0 Å². The fraction of sp³-hybridized carbons (Fsp3) is 0.481. The van der Waals surface area contributed by atoms with Crippen LogP contribution in [0.2, 0.25) is 0 Å². The van der Waals surface area contributed by atoms with E-state index in [1.54, 1.807) is 0 Å². The molecule has 4 aromatic rings. The van der Waals surface area contributed by atoms with Crippen molar-refractivity contribution in [1.29, 1.82) is 0 Å². The van der Waals surface area contributed by atoms with Crippen molar-refractivity contribution in [3.8, 4) is 11.4 Å². The average Bonchev–Trinajstić information content (AvgIpc) is 3.40. The highest BCUT2D eigenvalue weighted by molar-refractivity contribution is 5.88. The number of benzene rings is 2. The van der Waals surface area contributed by atoms with Crippen LogP contribution in [0.15, 0.2) is 40.9 Å². The lowest BCUT2D eigenvalue weighted by molar-refractivity contribution is 0.0989. The van der Waals surface area contributed by atoms with Crippen molar-refractivity contribution in [3.05, 3.63) is 42.1 Å². The minimum atomic E-state index is 0.379.